The second-order valence-corrected chi connectivity index (χ2v) is 8.92. The molecule has 0 spiro atoms. The number of rotatable bonds is 6. The number of hydrogen-bond acceptors (Lipinski definition) is 6. The molecule has 1 fully saturated rings. The van der Waals surface area contributed by atoms with Crippen LogP contribution in [0.3, 0.4) is 0 Å². The Hall–Kier alpha value is -4.92. The normalized spacial score (nSPS) is 14.1. The number of benzene rings is 3. The molecule has 3 N–H and O–H groups in total. The van der Waals surface area contributed by atoms with Crippen LogP contribution < -0.4 is 15.0 Å². The molecular weight excluding hydrogens is 482 g/mol. The second kappa shape index (κ2) is 11.0. The van der Waals surface area contributed by atoms with Gasteiger partial charge in [0.05, 0.1) is 0 Å². The largest absolute Gasteiger partial charge is 0.476 e. The van der Waals surface area contributed by atoms with E-state index in [9.17, 15) is 9.59 Å². The van der Waals surface area contributed by atoms with Gasteiger partial charge in [0, 0.05) is 55.4 Å². The molecule has 5 rings (SSSR count). The molecule has 1 aliphatic rings. The van der Waals surface area contributed by atoms with Gasteiger partial charge in [0.25, 0.3) is 5.91 Å². The summed E-state index contributed by atoms with van der Waals surface area (Å²) in [4.78, 5) is 33.0. The molecule has 1 unspecified atom stereocenters. The number of nitrogens with one attached hydrogen (secondary N) is 2. The zero-order valence-corrected chi connectivity index (χ0v) is 20.6. The van der Waals surface area contributed by atoms with Crippen molar-refractivity contribution in [2.24, 2.45) is 0 Å². The third-order valence-corrected chi connectivity index (χ3v) is 6.55. The fourth-order valence-corrected chi connectivity index (χ4v) is 4.65. The number of anilines is 1. The highest BCUT2D eigenvalue weighted by Crippen LogP contribution is 2.29. The Labute approximate surface area is 219 Å². The lowest BCUT2D eigenvalue weighted by Crippen LogP contribution is -2.50. The molecule has 192 valence electrons. The van der Waals surface area contributed by atoms with E-state index in [4.69, 9.17) is 15.3 Å². The summed E-state index contributed by atoms with van der Waals surface area (Å²) in [6.45, 7) is 2.53. The van der Waals surface area contributed by atoms with Crippen LogP contribution in [0.5, 0.6) is 5.75 Å². The van der Waals surface area contributed by atoms with Crippen LogP contribution in [0.25, 0.3) is 10.8 Å². The van der Waals surface area contributed by atoms with Crippen molar-refractivity contribution in [2.75, 3.05) is 31.1 Å². The molecule has 0 radical (unpaired) electrons. The van der Waals surface area contributed by atoms with E-state index >= 15 is 0 Å². The first kappa shape index (κ1) is 24.8. The molecule has 4 aromatic rings. The SMILES string of the molecule is N=C(NC(=O)O)c1cccc2ccc(OC(C(=O)N3CCN(c4ccncc4)CC3)c3ccccc3)cc12. The first-order valence-corrected chi connectivity index (χ1v) is 12.3. The van der Waals surface area contributed by atoms with Gasteiger partial charge in [-0.2, -0.15) is 0 Å². The number of amides is 2. The van der Waals surface area contributed by atoms with Crippen LogP contribution in [0.4, 0.5) is 10.5 Å². The summed E-state index contributed by atoms with van der Waals surface area (Å²) >= 11 is 0. The molecule has 2 amide bonds. The van der Waals surface area contributed by atoms with E-state index in [1.165, 1.54) is 0 Å². The van der Waals surface area contributed by atoms with Crippen molar-refractivity contribution in [3.05, 3.63) is 102 Å². The Bertz CT molecular complexity index is 1450. The van der Waals surface area contributed by atoms with Crippen molar-refractivity contribution >= 4 is 34.3 Å². The van der Waals surface area contributed by atoms with Gasteiger partial charge in [-0.1, -0.05) is 54.6 Å². The van der Waals surface area contributed by atoms with Crippen LogP contribution in [-0.4, -0.2) is 59.0 Å². The van der Waals surface area contributed by atoms with Crippen LogP contribution >= 0.6 is 0 Å². The molecule has 1 atom stereocenters. The Morgan fingerprint density at radius 3 is 2.37 bits per heavy atom. The predicted molar refractivity (Wildman–Crippen MR) is 145 cm³/mol. The Balaban J connectivity index is 1.40. The standard InChI is InChI=1S/C29H27N5O4/c30-27(32-29(36)37)24-8-4-7-20-9-10-23(19-25(20)24)38-26(21-5-2-1-3-6-21)28(35)34-17-15-33(16-18-34)22-11-13-31-14-12-22/h1-14,19,26H,15-18H2,(H2,30,32)(H,36,37). The highest BCUT2D eigenvalue weighted by Gasteiger charge is 2.30. The molecule has 9 nitrogen and oxygen atoms in total. The number of pyridine rings is 1. The van der Waals surface area contributed by atoms with Gasteiger partial charge in [-0.25, -0.2) is 4.79 Å². The lowest BCUT2D eigenvalue weighted by atomic mass is 10.0. The zero-order chi connectivity index (χ0) is 26.5. The first-order chi connectivity index (χ1) is 18.5. The van der Waals surface area contributed by atoms with E-state index in [2.05, 4.69) is 15.2 Å². The first-order valence-electron chi connectivity index (χ1n) is 12.3. The predicted octanol–water partition coefficient (Wildman–Crippen LogP) is 4.30. The zero-order valence-electron chi connectivity index (χ0n) is 20.6. The molecule has 0 saturated carbocycles. The molecule has 1 saturated heterocycles. The summed E-state index contributed by atoms with van der Waals surface area (Å²) in [5.74, 6) is 0.0907. The van der Waals surface area contributed by atoms with E-state index in [0.29, 0.717) is 42.9 Å². The van der Waals surface area contributed by atoms with Crippen LogP contribution in [-0.2, 0) is 4.79 Å². The third-order valence-electron chi connectivity index (χ3n) is 6.55. The number of carboxylic acid groups (broad SMARTS) is 1. The van der Waals surface area contributed by atoms with Crippen molar-refractivity contribution in [2.45, 2.75) is 6.10 Å². The fraction of sp³-hybridized carbons (Fsp3) is 0.172. The summed E-state index contributed by atoms with van der Waals surface area (Å²) in [7, 11) is 0. The van der Waals surface area contributed by atoms with Gasteiger partial charge < -0.3 is 19.6 Å². The molecule has 3 aromatic carbocycles. The molecule has 38 heavy (non-hydrogen) atoms. The van der Waals surface area contributed by atoms with Gasteiger partial charge in [-0.05, 0) is 35.0 Å². The summed E-state index contributed by atoms with van der Waals surface area (Å²) < 4.78 is 6.33. The maximum absolute atomic E-state index is 13.8. The lowest BCUT2D eigenvalue weighted by Gasteiger charge is -2.37. The maximum atomic E-state index is 13.8. The Kier molecular flexibility index (Phi) is 7.17. The van der Waals surface area contributed by atoms with Crippen molar-refractivity contribution in [3.8, 4) is 5.75 Å². The second-order valence-electron chi connectivity index (χ2n) is 8.92. The Morgan fingerprint density at radius 1 is 0.921 bits per heavy atom. The Morgan fingerprint density at radius 2 is 1.66 bits per heavy atom. The molecule has 9 heteroatoms. The van der Waals surface area contributed by atoms with Gasteiger partial charge in [0.2, 0.25) is 6.10 Å². The summed E-state index contributed by atoms with van der Waals surface area (Å²) in [6, 6.07) is 24.0. The molecule has 0 aliphatic carbocycles. The topological polar surface area (TPSA) is 119 Å². The number of hydrogen-bond donors (Lipinski definition) is 3. The van der Waals surface area contributed by atoms with Gasteiger partial charge in [-0.3, -0.25) is 20.5 Å². The van der Waals surface area contributed by atoms with E-state index in [-0.39, 0.29) is 11.7 Å². The lowest BCUT2D eigenvalue weighted by molar-refractivity contribution is -0.139. The van der Waals surface area contributed by atoms with Crippen molar-refractivity contribution < 1.29 is 19.4 Å². The van der Waals surface area contributed by atoms with Crippen LogP contribution in [0, 0.1) is 5.41 Å². The summed E-state index contributed by atoms with van der Waals surface area (Å²) in [5, 5.41) is 20.8. The number of amidine groups is 1. The van der Waals surface area contributed by atoms with Crippen molar-refractivity contribution in [1.82, 2.24) is 15.2 Å². The van der Waals surface area contributed by atoms with Gasteiger partial charge >= 0.3 is 6.09 Å². The number of carbonyl (C=O) groups excluding carboxylic acids is 1. The smallest absolute Gasteiger partial charge is 0.410 e. The molecule has 1 aromatic heterocycles. The van der Waals surface area contributed by atoms with Crippen LogP contribution in [0.15, 0.2) is 91.3 Å². The van der Waals surface area contributed by atoms with E-state index < -0.39 is 12.2 Å². The third kappa shape index (κ3) is 5.41. The van der Waals surface area contributed by atoms with Gasteiger partial charge in [0.1, 0.15) is 11.6 Å². The molecular formula is C29H27N5O4. The van der Waals surface area contributed by atoms with E-state index in [0.717, 1.165) is 16.6 Å². The quantitative estimate of drug-likeness (QED) is 0.264. The highest BCUT2D eigenvalue weighted by molar-refractivity contribution is 6.12. The number of nitrogens with zero attached hydrogens (tertiary/aromatic N) is 3. The van der Waals surface area contributed by atoms with Crippen LogP contribution in [0.2, 0.25) is 0 Å². The summed E-state index contributed by atoms with van der Waals surface area (Å²) in [5.41, 5.74) is 2.24. The number of carbonyl (C=O) groups is 2. The minimum atomic E-state index is -1.31. The highest BCUT2D eigenvalue weighted by atomic mass is 16.5. The number of aromatic nitrogens is 1. The molecule has 2 heterocycles. The number of fused-ring (bicyclic) bond motifs is 1. The van der Waals surface area contributed by atoms with E-state index in [1.807, 2.05) is 59.5 Å². The van der Waals surface area contributed by atoms with E-state index in [1.54, 1.807) is 36.7 Å². The summed E-state index contributed by atoms with van der Waals surface area (Å²) in [6.07, 6.45) is 1.36. The van der Waals surface area contributed by atoms with Crippen molar-refractivity contribution in [1.29, 1.82) is 5.41 Å². The average molecular weight is 510 g/mol. The maximum Gasteiger partial charge on any atom is 0.410 e. The fourth-order valence-electron chi connectivity index (χ4n) is 4.65. The number of ether oxygens (including phenoxy) is 1. The average Bonchev–Trinajstić information content (AvgIpc) is 2.96. The van der Waals surface area contributed by atoms with Crippen molar-refractivity contribution in [3.63, 3.8) is 0 Å². The van der Waals surface area contributed by atoms with Gasteiger partial charge in [-0.15, -0.1) is 0 Å². The van der Waals surface area contributed by atoms with Gasteiger partial charge in [0.15, 0.2) is 0 Å². The molecule has 0 bridgehead atoms. The minimum absolute atomic E-state index is 0.126. The molecule has 1 aliphatic heterocycles. The minimum Gasteiger partial charge on any atom is -0.476 e. The number of piperazine rings is 1. The monoisotopic (exact) mass is 509 g/mol. The van der Waals surface area contributed by atoms with Crippen LogP contribution in [0.1, 0.15) is 17.2 Å².